The molecule has 33 heavy (non-hydrogen) atoms. The summed E-state index contributed by atoms with van der Waals surface area (Å²) in [5.74, 6) is 0.361. The second-order valence-electron chi connectivity index (χ2n) is 7.13. The molecule has 168 valence electrons. The number of hydrogen-bond donors (Lipinski definition) is 2. The average molecular weight is 447 g/mol. The predicted molar refractivity (Wildman–Crippen MR) is 123 cm³/mol. The molecular weight excluding hydrogens is 426 g/mol. The fourth-order valence-electron chi connectivity index (χ4n) is 3.28. The number of aliphatic hydroxyl groups is 2. The van der Waals surface area contributed by atoms with Gasteiger partial charge in [0.1, 0.15) is 5.52 Å². The number of azo groups is 1. The highest BCUT2D eigenvalue weighted by Gasteiger charge is 2.13. The highest BCUT2D eigenvalue weighted by Crippen LogP contribution is 2.29. The van der Waals surface area contributed by atoms with Gasteiger partial charge in [-0.25, -0.2) is 4.98 Å². The number of non-ortho nitro benzene ring substituents is 1. The molecule has 1 heterocycles. The number of benzene rings is 3. The zero-order valence-corrected chi connectivity index (χ0v) is 17.5. The van der Waals surface area contributed by atoms with E-state index in [0.717, 1.165) is 5.69 Å². The lowest BCUT2D eigenvalue weighted by Gasteiger charge is -2.22. The van der Waals surface area contributed by atoms with E-state index in [0.29, 0.717) is 47.0 Å². The maximum Gasteiger partial charge on any atom is 0.273 e. The number of nitro groups is 1. The van der Waals surface area contributed by atoms with E-state index in [4.69, 9.17) is 14.6 Å². The number of rotatable bonds is 9. The van der Waals surface area contributed by atoms with Crippen molar-refractivity contribution in [1.29, 1.82) is 0 Å². The lowest BCUT2D eigenvalue weighted by atomic mass is 10.2. The SMILES string of the molecule is O=[N+]([O-])c1ccc2nc(-c3ccc(N=Nc4ccc(N(CCO)CCO)cc4)cc3)oc2c1. The molecule has 2 N–H and O–H groups in total. The van der Waals surface area contributed by atoms with E-state index in [1.807, 2.05) is 29.2 Å². The highest BCUT2D eigenvalue weighted by atomic mass is 16.6. The van der Waals surface area contributed by atoms with Gasteiger partial charge in [0.2, 0.25) is 5.89 Å². The van der Waals surface area contributed by atoms with Crippen LogP contribution in [-0.2, 0) is 0 Å². The summed E-state index contributed by atoms with van der Waals surface area (Å²) in [4.78, 5) is 16.7. The second kappa shape index (κ2) is 9.98. The van der Waals surface area contributed by atoms with Crippen LogP contribution in [0, 0.1) is 10.1 Å². The molecule has 0 atom stereocenters. The molecule has 4 rings (SSSR count). The van der Waals surface area contributed by atoms with Gasteiger partial charge in [0.15, 0.2) is 5.58 Å². The molecule has 0 radical (unpaired) electrons. The maximum atomic E-state index is 10.9. The minimum absolute atomic E-state index is 0.000920. The van der Waals surface area contributed by atoms with Gasteiger partial charge in [-0.3, -0.25) is 10.1 Å². The smallest absolute Gasteiger partial charge is 0.273 e. The van der Waals surface area contributed by atoms with E-state index >= 15 is 0 Å². The van der Waals surface area contributed by atoms with E-state index < -0.39 is 4.92 Å². The van der Waals surface area contributed by atoms with Crippen LogP contribution in [0.15, 0.2) is 81.4 Å². The number of aliphatic hydroxyl groups excluding tert-OH is 2. The Morgan fingerprint density at radius 1 is 0.909 bits per heavy atom. The normalized spacial score (nSPS) is 11.3. The first-order valence-electron chi connectivity index (χ1n) is 10.2. The van der Waals surface area contributed by atoms with E-state index in [1.54, 1.807) is 30.3 Å². The Hall–Kier alpha value is -4.15. The topological polar surface area (TPSA) is 138 Å². The van der Waals surface area contributed by atoms with Crippen LogP contribution in [0.2, 0.25) is 0 Å². The molecule has 0 amide bonds. The molecule has 0 saturated heterocycles. The van der Waals surface area contributed by atoms with Gasteiger partial charge in [-0.2, -0.15) is 10.2 Å². The predicted octanol–water partition coefficient (Wildman–Crippen LogP) is 4.61. The summed E-state index contributed by atoms with van der Waals surface area (Å²) in [7, 11) is 0. The summed E-state index contributed by atoms with van der Waals surface area (Å²) in [6.07, 6.45) is 0. The summed E-state index contributed by atoms with van der Waals surface area (Å²) in [5.41, 5.74) is 3.73. The van der Waals surface area contributed by atoms with Gasteiger partial charge in [0, 0.05) is 30.4 Å². The Kier molecular flexibility index (Phi) is 6.67. The summed E-state index contributed by atoms with van der Waals surface area (Å²) in [6, 6.07) is 18.8. The van der Waals surface area contributed by atoms with Crippen molar-refractivity contribution < 1.29 is 19.6 Å². The summed E-state index contributed by atoms with van der Waals surface area (Å²) in [5, 5.41) is 37.7. The Morgan fingerprint density at radius 2 is 1.52 bits per heavy atom. The lowest BCUT2D eigenvalue weighted by molar-refractivity contribution is -0.384. The van der Waals surface area contributed by atoms with Gasteiger partial charge in [-0.1, -0.05) is 0 Å². The standard InChI is InChI=1S/C23H21N5O5/c29-13-11-27(12-14-30)19-7-5-18(6-8-19)26-25-17-3-1-16(2-4-17)23-24-21-10-9-20(28(31)32)15-22(21)33-23/h1-10,15,29-30H,11-14H2. The molecule has 10 heteroatoms. The fourth-order valence-corrected chi connectivity index (χ4v) is 3.28. The van der Waals surface area contributed by atoms with Crippen LogP contribution in [-0.4, -0.2) is 46.4 Å². The van der Waals surface area contributed by atoms with E-state index in [-0.39, 0.29) is 18.9 Å². The number of nitro benzene ring substituents is 1. The second-order valence-corrected chi connectivity index (χ2v) is 7.13. The number of anilines is 1. The number of hydrogen-bond acceptors (Lipinski definition) is 9. The number of fused-ring (bicyclic) bond motifs is 1. The van der Waals surface area contributed by atoms with Crippen LogP contribution < -0.4 is 4.90 Å². The minimum atomic E-state index is -0.477. The van der Waals surface area contributed by atoms with Gasteiger partial charge < -0.3 is 19.5 Å². The van der Waals surface area contributed by atoms with Crippen LogP contribution in [0.3, 0.4) is 0 Å². The molecule has 0 unspecified atom stereocenters. The fraction of sp³-hybridized carbons (Fsp3) is 0.174. The molecule has 3 aromatic carbocycles. The third kappa shape index (κ3) is 5.20. The molecule has 4 aromatic rings. The van der Waals surface area contributed by atoms with Gasteiger partial charge in [-0.05, 0) is 54.6 Å². The molecule has 10 nitrogen and oxygen atoms in total. The Morgan fingerprint density at radius 3 is 2.09 bits per heavy atom. The number of nitrogens with zero attached hydrogens (tertiary/aromatic N) is 5. The molecule has 0 fully saturated rings. The quantitative estimate of drug-likeness (QED) is 0.217. The minimum Gasteiger partial charge on any atom is -0.436 e. The lowest BCUT2D eigenvalue weighted by Crippen LogP contribution is -2.29. The van der Waals surface area contributed by atoms with Crippen LogP contribution in [0.4, 0.5) is 22.7 Å². The van der Waals surface area contributed by atoms with Crippen molar-refractivity contribution in [2.75, 3.05) is 31.2 Å². The van der Waals surface area contributed by atoms with Crippen LogP contribution >= 0.6 is 0 Å². The third-order valence-electron chi connectivity index (χ3n) is 4.93. The largest absolute Gasteiger partial charge is 0.436 e. The van der Waals surface area contributed by atoms with Gasteiger partial charge in [0.25, 0.3) is 5.69 Å². The zero-order valence-electron chi connectivity index (χ0n) is 17.5. The van der Waals surface area contributed by atoms with Crippen molar-refractivity contribution in [3.8, 4) is 11.5 Å². The van der Waals surface area contributed by atoms with Crippen molar-refractivity contribution in [3.05, 3.63) is 76.8 Å². The third-order valence-corrected chi connectivity index (χ3v) is 4.93. The van der Waals surface area contributed by atoms with E-state index in [1.165, 1.54) is 12.1 Å². The summed E-state index contributed by atoms with van der Waals surface area (Å²) in [6.45, 7) is 0.872. The Balaban J connectivity index is 1.46. The van der Waals surface area contributed by atoms with Crippen molar-refractivity contribution in [2.24, 2.45) is 10.2 Å². The molecule has 0 spiro atoms. The summed E-state index contributed by atoms with van der Waals surface area (Å²) < 4.78 is 5.67. The zero-order chi connectivity index (χ0) is 23.2. The van der Waals surface area contributed by atoms with Crippen LogP contribution in [0.5, 0.6) is 0 Å². The van der Waals surface area contributed by atoms with Gasteiger partial charge in [0.05, 0.1) is 35.6 Å². The highest BCUT2D eigenvalue weighted by molar-refractivity contribution is 5.78. The van der Waals surface area contributed by atoms with Gasteiger partial charge in [-0.15, -0.1) is 0 Å². The monoisotopic (exact) mass is 447 g/mol. The maximum absolute atomic E-state index is 10.9. The van der Waals surface area contributed by atoms with Crippen molar-refractivity contribution in [3.63, 3.8) is 0 Å². The van der Waals surface area contributed by atoms with Crippen molar-refractivity contribution in [1.82, 2.24) is 4.98 Å². The Labute approximate surface area is 188 Å². The first kappa shape index (κ1) is 22.1. The number of oxazole rings is 1. The van der Waals surface area contributed by atoms with Gasteiger partial charge >= 0.3 is 0 Å². The average Bonchev–Trinajstić information content (AvgIpc) is 3.27. The van der Waals surface area contributed by atoms with Crippen molar-refractivity contribution in [2.45, 2.75) is 0 Å². The summed E-state index contributed by atoms with van der Waals surface area (Å²) >= 11 is 0. The first-order valence-corrected chi connectivity index (χ1v) is 10.2. The number of aromatic nitrogens is 1. The van der Waals surface area contributed by atoms with Crippen LogP contribution in [0.25, 0.3) is 22.6 Å². The molecule has 1 aromatic heterocycles. The van der Waals surface area contributed by atoms with E-state index in [2.05, 4.69) is 15.2 Å². The van der Waals surface area contributed by atoms with Crippen LogP contribution in [0.1, 0.15) is 0 Å². The Bertz CT molecular complexity index is 1260. The van der Waals surface area contributed by atoms with Crippen molar-refractivity contribution >= 4 is 33.8 Å². The molecule has 0 aliphatic carbocycles. The first-order chi connectivity index (χ1) is 16.1. The molecular formula is C23H21N5O5. The molecule has 0 aliphatic rings. The van der Waals surface area contributed by atoms with E-state index in [9.17, 15) is 10.1 Å². The molecule has 0 saturated carbocycles. The molecule has 0 bridgehead atoms. The molecule has 0 aliphatic heterocycles.